The molecule has 0 fully saturated rings. The van der Waals surface area contributed by atoms with Gasteiger partial charge in [0.2, 0.25) is 0 Å². The number of hydroxylamine groups is 1. The van der Waals surface area contributed by atoms with Crippen molar-refractivity contribution >= 4 is 5.91 Å². The Morgan fingerprint density at radius 2 is 2.14 bits per heavy atom. The summed E-state index contributed by atoms with van der Waals surface area (Å²) in [5.41, 5.74) is 5.14. The zero-order valence-corrected chi connectivity index (χ0v) is 8.76. The van der Waals surface area contributed by atoms with Crippen LogP contribution in [0.1, 0.15) is 28.4 Å². The predicted molar refractivity (Wildman–Crippen MR) is 55.0 cm³/mol. The molecule has 0 radical (unpaired) electrons. The van der Waals surface area contributed by atoms with E-state index in [4.69, 9.17) is 4.84 Å². The largest absolute Gasteiger partial charge is 0.275 e. The van der Waals surface area contributed by atoms with Gasteiger partial charge in [-0.3, -0.25) is 9.63 Å². The van der Waals surface area contributed by atoms with Crippen LogP contribution in [-0.4, -0.2) is 12.5 Å². The van der Waals surface area contributed by atoms with Crippen molar-refractivity contribution in [2.24, 2.45) is 0 Å². The van der Waals surface area contributed by atoms with Crippen molar-refractivity contribution in [3.63, 3.8) is 0 Å². The molecule has 1 aromatic carbocycles. The summed E-state index contributed by atoms with van der Waals surface area (Å²) in [6, 6.07) is 5.63. The standard InChI is InChI=1S/C11H15NO2/c1-4-14-12-11(13)10-7-5-6-8(2)9(10)3/h5-7H,4H2,1-3H3,(H,12,13). The normalized spacial score (nSPS) is 9.93. The molecule has 3 nitrogen and oxygen atoms in total. The highest BCUT2D eigenvalue weighted by atomic mass is 16.6. The van der Waals surface area contributed by atoms with E-state index in [-0.39, 0.29) is 5.91 Å². The maximum atomic E-state index is 11.5. The van der Waals surface area contributed by atoms with Crippen molar-refractivity contribution < 1.29 is 9.63 Å². The van der Waals surface area contributed by atoms with Gasteiger partial charge in [-0.1, -0.05) is 12.1 Å². The summed E-state index contributed by atoms with van der Waals surface area (Å²) in [4.78, 5) is 16.4. The molecular weight excluding hydrogens is 178 g/mol. The van der Waals surface area contributed by atoms with Gasteiger partial charge in [0, 0.05) is 5.56 Å². The van der Waals surface area contributed by atoms with Crippen LogP contribution < -0.4 is 5.48 Å². The fourth-order valence-corrected chi connectivity index (χ4v) is 1.19. The highest BCUT2D eigenvalue weighted by molar-refractivity contribution is 5.95. The number of carbonyl (C=O) groups is 1. The number of amides is 1. The maximum absolute atomic E-state index is 11.5. The second kappa shape index (κ2) is 4.77. The third-order valence-electron chi connectivity index (χ3n) is 2.16. The van der Waals surface area contributed by atoms with Crippen molar-refractivity contribution in [3.05, 3.63) is 34.9 Å². The van der Waals surface area contributed by atoms with Crippen LogP contribution in [0.3, 0.4) is 0 Å². The molecular formula is C11H15NO2. The molecule has 0 aliphatic rings. The zero-order valence-electron chi connectivity index (χ0n) is 8.76. The number of rotatable bonds is 3. The molecule has 0 atom stereocenters. The third kappa shape index (κ3) is 2.33. The zero-order chi connectivity index (χ0) is 10.6. The molecule has 1 aromatic rings. The molecule has 3 heteroatoms. The summed E-state index contributed by atoms with van der Waals surface area (Å²) in [6.07, 6.45) is 0. The summed E-state index contributed by atoms with van der Waals surface area (Å²) in [5.74, 6) is -0.187. The van der Waals surface area contributed by atoms with E-state index in [1.54, 1.807) is 6.07 Å². The monoisotopic (exact) mass is 193 g/mol. The van der Waals surface area contributed by atoms with Gasteiger partial charge in [0.05, 0.1) is 6.61 Å². The van der Waals surface area contributed by atoms with Crippen LogP contribution in [0.5, 0.6) is 0 Å². The Bertz CT molecular complexity index is 334. The van der Waals surface area contributed by atoms with E-state index in [2.05, 4.69) is 5.48 Å². The van der Waals surface area contributed by atoms with Gasteiger partial charge in [0.15, 0.2) is 0 Å². The first-order chi connectivity index (χ1) is 6.66. The summed E-state index contributed by atoms with van der Waals surface area (Å²) in [7, 11) is 0. The molecule has 1 amide bonds. The van der Waals surface area contributed by atoms with Gasteiger partial charge >= 0.3 is 0 Å². The van der Waals surface area contributed by atoms with E-state index in [0.717, 1.165) is 11.1 Å². The van der Waals surface area contributed by atoms with Gasteiger partial charge in [-0.05, 0) is 38.0 Å². The molecule has 76 valence electrons. The van der Waals surface area contributed by atoms with Crippen molar-refractivity contribution in [2.75, 3.05) is 6.61 Å². The molecule has 1 N–H and O–H groups in total. The minimum absolute atomic E-state index is 0.187. The maximum Gasteiger partial charge on any atom is 0.275 e. The van der Waals surface area contributed by atoms with Crippen LogP contribution in [0.15, 0.2) is 18.2 Å². The van der Waals surface area contributed by atoms with E-state index >= 15 is 0 Å². The van der Waals surface area contributed by atoms with Gasteiger partial charge in [-0.25, -0.2) is 5.48 Å². The minimum atomic E-state index is -0.187. The fourth-order valence-electron chi connectivity index (χ4n) is 1.19. The number of hydrogen-bond donors (Lipinski definition) is 1. The van der Waals surface area contributed by atoms with Crippen molar-refractivity contribution in [3.8, 4) is 0 Å². The highest BCUT2D eigenvalue weighted by Crippen LogP contribution is 2.12. The molecule has 0 spiro atoms. The van der Waals surface area contributed by atoms with Crippen LogP contribution in [0, 0.1) is 13.8 Å². The van der Waals surface area contributed by atoms with E-state index < -0.39 is 0 Å². The smallest absolute Gasteiger partial charge is 0.274 e. The van der Waals surface area contributed by atoms with E-state index in [0.29, 0.717) is 12.2 Å². The van der Waals surface area contributed by atoms with E-state index in [1.807, 2.05) is 32.9 Å². The summed E-state index contributed by atoms with van der Waals surface area (Å²) >= 11 is 0. The first-order valence-corrected chi connectivity index (χ1v) is 4.65. The van der Waals surface area contributed by atoms with Crippen molar-refractivity contribution in [1.82, 2.24) is 5.48 Å². The lowest BCUT2D eigenvalue weighted by Gasteiger charge is -2.08. The second-order valence-electron chi connectivity index (χ2n) is 3.11. The molecule has 0 unspecified atom stereocenters. The molecule has 0 aromatic heterocycles. The Morgan fingerprint density at radius 3 is 2.79 bits per heavy atom. The molecule has 0 saturated carbocycles. The van der Waals surface area contributed by atoms with Crippen LogP contribution >= 0.6 is 0 Å². The van der Waals surface area contributed by atoms with Crippen molar-refractivity contribution in [2.45, 2.75) is 20.8 Å². The fraction of sp³-hybridized carbons (Fsp3) is 0.364. The van der Waals surface area contributed by atoms with Gasteiger partial charge in [0.1, 0.15) is 0 Å². The quantitative estimate of drug-likeness (QED) is 0.745. The lowest BCUT2D eigenvalue weighted by atomic mass is 10.0. The number of hydrogen-bond acceptors (Lipinski definition) is 2. The molecule has 0 aliphatic heterocycles. The van der Waals surface area contributed by atoms with Gasteiger partial charge in [0.25, 0.3) is 5.91 Å². The average molecular weight is 193 g/mol. The summed E-state index contributed by atoms with van der Waals surface area (Å²) in [6.45, 7) is 6.20. The van der Waals surface area contributed by atoms with Crippen LogP contribution in [-0.2, 0) is 4.84 Å². The molecule has 0 saturated heterocycles. The molecule has 0 bridgehead atoms. The van der Waals surface area contributed by atoms with E-state index in [1.165, 1.54) is 0 Å². The topological polar surface area (TPSA) is 38.3 Å². The predicted octanol–water partition coefficient (Wildman–Crippen LogP) is 1.98. The highest BCUT2D eigenvalue weighted by Gasteiger charge is 2.08. The second-order valence-corrected chi connectivity index (χ2v) is 3.11. The molecule has 0 heterocycles. The molecule has 1 rings (SSSR count). The SMILES string of the molecule is CCONC(=O)c1cccc(C)c1C. The van der Waals surface area contributed by atoms with Gasteiger partial charge in [-0.2, -0.15) is 0 Å². The van der Waals surface area contributed by atoms with Gasteiger partial charge in [-0.15, -0.1) is 0 Å². The Hall–Kier alpha value is -1.35. The Morgan fingerprint density at radius 1 is 1.43 bits per heavy atom. The molecule has 0 aliphatic carbocycles. The lowest BCUT2D eigenvalue weighted by molar-refractivity contribution is 0.0364. The summed E-state index contributed by atoms with van der Waals surface area (Å²) in [5, 5.41) is 0. The van der Waals surface area contributed by atoms with E-state index in [9.17, 15) is 4.79 Å². The first kappa shape index (κ1) is 10.7. The minimum Gasteiger partial charge on any atom is -0.274 e. The molecule has 14 heavy (non-hydrogen) atoms. The number of carbonyl (C=O) groups excluding carboxylic acids is 1. The first-order valence-electron chi connectivity index (χ1n) is 4.65. The van der Waals surface area contributed by atoms with Crippen LogP contribution in [0.25, 0.3) is 0 Å². The summed E-state index contributed by atoms with van der Waals surface area (Å²) < 4.78 is 0. The Balaban J connectivity index is 2.84. The average Bonchev–Trinajstić information content (AvgIpc) is 2.18. The Kier molecular flexibility index (Phi) is 3.65. The van der Waals surface area contributed by atoms with Gasteiger partial charge < -0.3 is 0 Å². The Labute approximate surface area is 84.0 Å². The number of aryl methyl sites for hydroxylation is 1. The van der Waals surface area contributed by atoms with Crippen molar-refractivity contribution in [1.29, 1.82) is 0 Å². The third-order valence-corrected chi connectivity index (χ3v) is 2.16. The van der Waals surface area contributed by atoms with Crippen LogP contribution in [0.2, 0.25) is 0 Å². The van der Waals surface area contributed by atoms with Crippen LogP contribution in [0.4, 0.5) is 0 Å². The lowest BCUT2D eigenvalue weighted by Crippen LogP contribution is -2.24. The number of nitrogens with one attached hydrogen (secondary N) is 1. The number of benzene rings is 1.